The van der Waals surface area contributed by atoms with Gasteiger partial charge < -0.3 is 10.2 Å². The van der Waals surface area contributed by atoms with Crippen LogP contribution in [0, 0.1) is 5.82 Å². The van der Waals surface area contributed by atoms with Gasteiger partial charge in [0.1, 0.15) is 17.9 Å². The van der Waals surface area contributed by atoms with Crippen LogP contribution in [0.5, 0.6) is 0 Å². The first-order valence-corrected chi connectivity index (χ1v) is 10.7. The number of benzene rings is 1. The van der Waals surface area contributed by atoms with Crippen LogP contribution in [0.3, 0.4) is 0 Å². The van der Waals surface area contributed by atoms with E-state index < -0.39 is 11.6 Å². The summed E-state index contributed by atoms with van der Waals surface area (Å²) in [5.41, 5.74) is 0.0408. The third kappa shape index (κ3) is 4.00. The number of urea groups is 1. The summed E-state index contributed by atoms with van der Waals surface area (Å²) >= 11 is 0. The van der Waals surface area contributed by atoms with Gasteiger partial charge >= 0.3 is 6.03 Å². The number of imide groups is 1. The Labute approximate surface area is 170 Å². The Morgan fingerprint density at radius 1 is 1.07 bits per heavy atom. The predicted octanol–water partition coefficient (Wildman–Crippen LogP) is 3.35. The molecular weight excluding hydrogens is 373 g/mol. The summed E-state index contributed by atoms with van der Waals surface area (Å²) in [5.74, 6) is -0.802. The highest BCUT2D eigenvalue weighted by molar-refractivity contribution is 6.09. The molecule has 0 aromatic heterocycles. The van der Waals surface area contributed by atoms with E-state index >= 15 is 0 Å². The topological polar surface area (TPSA) is 69.7 Å². The van der Waals surface area contributed by atoms with Gasteiger partial charge in [-0.15, -0.1) is 0 Å². The summed E-state index contributed by atoms with van der Waals surface area (Å²) in [6.45, 7) is 0.128. The Balaban J connectivity index is 1.50. The minimum absolute atomic E-state index is 0.0857. The molecule has 1 saturated heterocycles. The lowest BCUT2D eigenvalue weighted by molar-refractivity contribution is -0.141. The molecular formula is C22H28FN3O3. The van der Waals surface area contributed by atoms with Crippen LogP contribution in [-0.2, 0) is 16.1 Å². The first kappa shape index (κ1) is 19.9. The molecule has 6 nitrogen and oxygen atoms in total. The molecule has 3 fully saturated rings. The van der Waals surface area contributed by atoms with Gasteiger partial charge in [-0.25, -0.2) is 9.18 Å². The van der Waals surface area contributed by atoms with Crippen molar-refractivity contribution in [2.45, 2.75) is 75.9 Å². The molecule has 29 heavy (non-hydrogen) atoms. The van der Waals surface area contributed by atoms with Crippen LogP contribution in [-0.4, -0.2) is 45.8 Å². The van der Waals surface area contributed by atoms with Gasteiger partial charge in [-0.1, -0.05) is 44.2 Å². The Hall–Kier alpha value is -2.44. The van der Waals surface area contributed by atoms with Gasteiger partial charge in [-0.3, -0.25) is 14.5 Å². The Morgan fingerprint density at radius 2 is 1.72 bits per heavy atom. The van der Waals surface area contributed by atoms with Crippen LogP contribution in [0.15, 0.2) is 24.3 Å². The van der Waals surface area contributed by atoms with Crippen LogP contribution in [0.25, 0.3) is 0 Å². The van der Waals surface area contributed by atoms with Crippen molar-refractivity contribution < 1.29 is 18.8 Å². The van der Waals surface area contributed by atoms with Crippen LogP contribution in [0.2, 0.25) is 0 Å². The summed E-state index contributed by atoms with van der Waals surface area (Å²) in [6, 6.07) is 5.76. The fourth-order valence-corrected chi connectivity index (χ4v) is 4.96. The van der Waals surface area contributed by atoms with Crippen molar-refractivity contribution in [2.24, 2.45) is 0 Å². The van der Waals surface area contributed by atoms with Crippen molar-refractivity contribution >= 4 is 17.8 Å². The first-order chi connectivity index (χ1) is 14.0. The summed E-state index contributed by atoms with van der Waals surface area (Å²) in [4.78, 5) is 41.5. The van der Waals surface area contributed by atoms with Crippen LogP contribution < -0.4 is 5.32 Å². The summed E-state index contributed by atoms with van der Waals surface area (Å²) in [7, 11) is 0. The number of hydrogen-bond acceptors (Lipinski definition) is 3. The van der Waals surface area contributed by atoms with Crippen LogP contribution in [0.1, 0.15) is 63.4 Å². The molecule has 0 bridgehead atoms. The number of nitrogens with zero attached hydrogens (tertiary/aromatic N) is 2. The number of carbonyl (C=O) groups is 3. The summed E-state index contributed by atoms with van der Waals surface area (Å²) in [6.07, 6.45) is 8.21. The SMILES string of the molecule is O=C1NC2(CCCC2)C(=O)N1CC(=O)N(Cc1ccc(F)cc1)C1CCCCC1. The number of carbonyl (C=O) groups excluding carboxylic acids is 3. The molecule has 4 rings (SSSR count). The van der Waals surface area contributed by atoms with E-state index in [9.17, 15) is 18.8 Å². The predicted molar refractivity (Wildman–Crippen MR) is 105 cm³/mol. The molecule has 7 heteroatoms. The van der Waals surface area contributed by atoms with E-state index in [1.54, 1.807) is 17.0 Å². The summed E-state index contributed by atoms with van der Waals surface area (Å²) in [5, 5.41) is 2.83. The standard InChI is InChI=1S/C22H28FN3O3/c23-17-10-8-16(9-11-17)14-25(18-6-2-1-3-7-18)19(27)15-26-20(28)22(24-21(26)29)12-4-5-13-22/h8-11,18H,1-7,12-15H2,(H,24,29). The third-order valence-electron chi connectivity index (χ3n) is 6.60. The van der Waals surface area contributed by atoms with E-state index in [0.29, 0.717) is 19.4 Å². The van der Waals surface area contributed by atoms with E-state index in [1.165, 1.54) is 12.1 Å². The van der Waals surface area contributed by atoms with Crippen LogP contribution >= 0.6 is 0 Å². The zero-order valence-electron chi connectivity index (χ0n) is 16.7. The zero-order valence-corrected chi connectivity index (χ0v) is 16.7. The molecule has 4 amide bonds. The van der Waals surface area contributed by atoms with Crippen molar-refractivity contribution in [3.05, 3.63) is 35.6 Å². The Morgan fingerprint density at radius 3 is 2.38 bits per heavy atom. The quantitative estimate of drug-likeness (QED) is 0.770. The Kier molecular flexibility index (Phi) is 5.56. The van der Waals surface area contributed by atoms with Crippen molar-refractivity contribution in [2.75, 3.05) is 6.54 Å². The highest BCUT2D eigenvalue weighted by atomic mass is 19.1. The number of halogens is 1. The van der Waals surface area contributed by atoms with E-state index in [0.717, 1.165) is 55.4 Å². The fraction of sp³-hybridized carbons (Fsp3) is 0.591. The molecule has 0 atom stereocenters. The monoisotopic (exact) mass is 401 g/mol. The van der Waals surface area contributed by atoms with Crippen molar-refractivity contribution in [1.29, 1.82) is 0 Å². The van der Waals surface area contributed by atoms with Crippen molar-refractivity contribution in [3.8, 4) is 0 Å². The van der Waals surface area contributed by atoms with Gasteiger partial charge in [0.15, 0.2) is 0 Å². The highest BCUT2D eigenvalue weighted by Gasteiger charge is 2.53. The maximum Gasteiger partial charge on any atom is 0.325 e. The zero-order chi connectivity index (χ0) is 20.4. The largest absolute Gasteiger partial charge is 0.334 e. The molecule has 1 aliphatic heterocycles. The molecule has 156 valence electrons. The molecule has 0 radical (unpaired) electrons. The van der Waals surface area contributed by atoms with Gasteiger partial charge in [0, 0.05) is 12.6 Å². The number of rotatable bonds is 5. The van der Waals surface area contributed by atoms with Gasteiger partial charge in [-0.05, 0) is 43.4 Å². The number of hydrogen-bond donors (Lipinski definition) is 1. The number of nitrogens with one attached hydrogen (secondary N) is 1. The van der Waals surface area contributed by atoms with E-state index in [2.05, 4.69) is 5.32 Å². The lowest BCUT2D eigenvalue weighted by atomic mass is 9.93. The molecule has 1 aromatic carbocycles. The molecule has 1 N–H and O–H groups in total. The highest BCUT2D eigenvalue weighted by Crippen LogP contribution is 2.35. The summed E-state index contributed by atoms with van der Waals surface area (Å²) < 4.78 is 13.3. The second-order valence-corrected chi connectivity index (χ2v) is 8.55. The molecule has 2 saturated carbocycles. The lowest BCUT2D eigenvalue weighted by Gasteiger charge is -2.35. The molecule has 1 heterocycles. The minimum atomic E-state index is -0.802. The maximum absolute atomic E-state index is 13.3. The van der Waals surface area contributed by atoms with Gasteiger partial charge in [0.25, 0.3) is 5.91 Å². The Bertz CT molecular complexity index is 783. The van der Waals surface area contributed by atoms with E-state index in [1.807, 2.05) is 0 Å². The second-order valence-electron chi connectivity index (χ2n) is 8.55. The van der Waals surface area contributed by atoms with Crippen molar-refractivity contribution in [3.63, 3.8) is 0 Å². The number of amides is 4. The normalized spacial score (nSPS) is 21.6. The first-order valence-electron chi connectivity index (χ1n) is 10.7. The van der Waals surface area contributed by atoms with Gasteiger partial charge in [0.2, 0.25) is 5.91 Å². The van der Waals surface area contributed by atoms with Gasteiger partial charge in [0.05, 0.1) is 0 Å². The van der Waals surface area contributed by atoms with Crippen LogP contribution in [0.4, 0.5) is 9.18 Å². The second kappa shape index (κ2) is 8.13. The average Bonchev–Trinajstić information content (AvgIpc) is 3.29. The third-order valence-corrected chi connectivity index (χ3v) is 6.60. The molecule has 0 unspecified atom stereocenters. The average molecular weight is 401 g/mol. The van der Waals surface area contributed by atoms with Gasteiger partial charge in [-0.2, -0.15) is 0 Å². The minimum Gasteiger partial charge on any atom is -0.334 e. The van der Waals surface area contributed by atoms with E-state index in [4.69, 9.17) is 0 Å². The lowest BCUT2D eigenvalue weighted by Crippen LogP contribution is -2.48. The maximum atomic E-state index is 13.3. The van der Waals surface area contributed by atoms with Crippen molar-refractivity contribution in [1.82, 2.24) is 15.1 Å². The molecule has 1 aromatic rings. The molecule has 1 spiro atoms. The molecule has 2 aliphatic carbocycles. The molecule has 3 aliphatic rings. The van der Waals surface area contributed by atoms with E-state index in [-0.39, 0.29) is 30.2 Å². The smallest absolute Gasteiger partial charge is 0.325 e. The fourth-order valence-electron chi connectivity index (χ4n) is 4.96.